The third-order valence-electron chi connectivity index (χ3n) is 4.40. The minimum Gasteiger partial charge on any atom is -0.378 e. The van der Waals surface area contributed by atoms with E-state index in [2.05, 4.69) is 0 Å². The fourth-order valence-electron chi connectivity index (χ4n) is 3.20. The van der Waals surface area contributed by atoms with E-state index in [-0.39, 0.29) is 11.7 Å². The van der Waals surface area contributed by atoms with Gasteiger partial charge in [0.2, 0.25) is 5.91 Å². The van der Waals surface area contributed by atoms with E-state index in [1.165, 1.54) is 0 Å². The lowest BCUT2D eigenvalue weighted by Gasteiger charge is -2.37. The van der Waals surface area contributed by atoms with Gasteiger partial charge in [-0.2, -0.15) is 0 Å². The molecule has 3 saturated heterocycles. The maximum atomic E-state index is 12.1. The van der Waals surface area contributed by atoms with Gasteiger partial charge < -0.3 is 19.1 Å². The van der Waals surface area contributed by atoms with Crippen LogP contribution in [0.15, 0.2) is 0 Å². The molecule has 0 aromatic carbocycles. The van der Waals surface area contributed by atoms with Crippen LogP contribution >= 0.6 is 0 Å². The molecule has 19 heavy (non-hydrogen) atoms. The SMILES string of the molecule is O=C(CCC1CCCO1)N1CCC2(CC1)OCCO2. The Bertz CT molecular complexity index is 311. The summed E-state index contributed by atoms with van der Waals surface area (Å²) in [5.41, 5.74) is 0. The van der Waals surface area contributed by atoms with E-state index in [1.807, 2.05) is 4.90 Å². The van der Waals surface area contributed by atoms with Gasteiger partial charge in [0.25, 0.3) is 0 Å². The molecule has 1 amide bonds. The van der Waals surface area contributed by atoms with Gasteiger partial charge in [-0.1, -0.05) is 0 Å². The summed E-state index contributed by atoms with van der Waals surface area (Å²) in [5.74, 6) is -0.130. The number of carbonyl (C=O) groups is 1. The van der Waals surface area contributed by atoms with Crippen LogP contribution in [0.1, 0.15) is 38.5 Å². The highest BCUT2D eigenvalue weighted by Crippen LogP contribution is 2.31. The van der Waals surface area contributed by atoms with E-state index >= 15 is 0 Å². The number of hydrogen-bond acceptors (Lipinski definition) is 4. The van der Waals surface area contributed by atoms with Crippen molar-refractivity contribution >= 4 is 5.91 Å². The van der Waals surface area contributed by atoms with Crippen molar-refractivity contribution in [3.8, 4) is 0 Å². The molecule has 3 fully saturated rings. The molecule has 0 N–H and O–H groups in total. The molecule has 0 aromatic rings. The summed E-state index contributed by atoms with van der Waals surface area (Å²) in [6.07, 6.45) is 5.64. The molecule has 3 aliphatic rings. The molecular weight excluding hydrogens is 246 g/mol. The molecule has 1 unspecified atom stereocenters. The zero-order valence-electron chi connectivity index (χ0n) is 11.4. The lowest BCUT2D eigenvalue weighted by molar-refractivity contribution is -0.187. The predicted molar refractivity (Wildman–Crippen MR) is 68.7 cm³/mol. The van der Waals surface area contributed by atoms with Gasteiger partial charge in [-0.15, -0.1) is 0 Å². The van der Waals surface area contributed by atoms with Crippen molar-refractivity contribution in [1.82, 2.24) is 4.90 Å². The molecule has 3 heterocycles. The predicted octanol–water partition coefficient (Wildman–Crippen LogP) is 1.31. The lowest BCUT2D eigenvalue weighted by Crippen LogP contribution is -2.47. The van der Waals surface area contributed by atoms with Crippen LogP contribution in [0.25, 0.3) is 0 Å². The van der Waals surface area contributed by atoms with E-state index in [1.54, 1.807) is 0 Å². The van der Waals surface area contributed by atoms with Crippen molar-refractivity contribution in [2.24, 2.45) is 0 Å². The zero-order chi connectivity index (χ0) is 13.1. The highest BCUT2D eigenvalue weighted by Gasteiger charge is 2.40. The standard InChI is InChI=1S/C14H23NO4/c16-13(4-3-12-2-1-9-17-12)15-7-5-14(6-8-15)18-10-11-19-14/h12H,1-11H2. The normalized spacial score (nSPS) is 30.1. The van der Waals surface area contributed by atoms with Gasteiger partial charge >= 0.3 is 0 Å². The first-order valence-electron chi connectivity index (χ1n) is 7.45. The molecule has 0 bridgehead atoms. The highest BCUT2D eigenvalue weighted by atomic mass is 16.7. The summed E-state index contributed by atoms with van der Waals surface area (Å²) in [6.45, 7) is 3.74. The van der Waals surface area contributed by atoms with Crippen LogP contribution in [0.5, 0.6) is 0 Å². The molecule has 3 aliphatic heterocycles. The second-order valence-corrected chi connectivity index (χ2v) is 5.66. The number of carbonyl (C=O) groups excluding carboxylic acids is 1. The molecule has 5 heteroatoms. The second-order valence-electron chi connectivity index (χ2n) is 5.66. The first-order valence-corrected chi connectivity index (χ1v) is 7.45. The number of hydrogen-bond donors (Lipinski definition) is 0. The Morgan fingerprint density at radius 3 is 2.53 bits per heavy atom. The minimum absolute atomic E-state index is 0.253. The summed E-state index contributed by atoms with van der Waals surface area (Å²) < 4.78 is 16.9. The van der Waals surface area contributed by atoms with E-state index in [4.69, 9.17) is 14.2 Å². The van der Waals surface area contributed by atoms with Crippen molar-refractivity contribution in [2.75, 3.05) is 32.9 Å². The first-order chi connectivity index (χ1) is 9.27. The van der Waals surface area contributed by atoms with Crippen molar-refractivity contribution in [3.05, 3.63) is 0 Å². The van der Waals surface area contributed by atoms with Gasteiger partial charge in [0.05, 0.1) is 19.3 Å². The quantitative estimate of drug-likeness (QED) is 0.775. The summed E-state index contributed by atoms with van der Waals surface area (Å²) in [7, 11) is 0. The van der Waals surface area contributed by atoms with Crippen molar-refractivity contribution in [3.63, 3.8) is 0 Å². The molecule has 0 aromatic heterocycles. The fourth-order valence-corrected chi connectivity index (χ4v) is 3.20. The summed E-state index contributed by atoms with van der Waals surface area (Å²) in [6, 6.07) is 0. The van der Waals surface area contributed by atoms with E-state index in [9.17, 15) is 4.79 Å². The van der Waals surface area contributed by atoms with E-state index in [0.717, 1.165) is 51.8 Å². The van der Waals surface area contributed by atoms with E-state index in [0.29, 0.717) is 25.7 Å². The van der Waals surface area contributed by atoms with Crippen LogP contribution in [0, 0.1) is 0 Å². The van der Waals surface area contributed by atoms with Gasteiger partial charge in [-0.05, 0) is 19.3 Å². The van der Waals surface area contributed by atoms with Crippen LogP contribution < -0.4 is 0 Å². The van der Waals surface area contributed by atoms with Crippen molar-refractivity contribution in [2.45, 2.75) is 50.4 Å². The number of ether oxygens (including phenoxy) is 3. The topological polar surface area (TPSA) is 48.0 Å². The Morgan fingerprint density at radius 2 is 1.89 bits per heavy atom. The largest absolute Gasteiger partial charge is 0.378 e. The van der Waals surface area contributed by atoms with Gasteiger partial charge in [0.1, 0.15) is 0 Å². The molecule has 1 spiro atoms. The molecule has 108 valence electrons. The fraction of sp³-hybridized carbons (Fsp3) is 0.929. The summed E-state index contributed by atoms with van der Waals surface area (Å²) in [4.78, 5) is 14.1. The Labute approximate surface area is 114 Å². The van der Waals surface area contributed by atoms with Gasteiger partial charge in [-0.25, -0.2) is 0 Å². The average molecular weight is 269 g/mol. The molecule has 5 nitrogen and oxygen atoms in total. The van der Waals surface area contributed by atoms with Crippen LogP contribution in [-0.4, -0.2) is 55.6 Å². The molecule has 3 rings (SSSR count). The summed E-state index contributed by atoms with van der Waals surface area (Å²) >= 11 is 0. The number of amides is 1. The smallest absolute Gasteiger partial charge is 0.222 e. The number of piperidine rings is 1. The Balaban J connectivity index is 1.41. The lowest BCUT2D eigenvalue weighted by atomic mass is 10.0. The maximum absolute atomic E-state index is 12.1. The molecule has 0 aliphatic carbocycles. The molecule has 0 radical (unpaired) electrons. The van der Waals surface area contributed by atoms with Crippen LogP contribution in [0.3, 0.4) is 0 Å². The maximum Gasteiger partial charge on any atom is 0.222 e. The number of nitrogens with zero attached hydrogens (tertiary/aromatic N) is 1. The van der Waals surface area contributed by atoms with Gasteiger partial charge in [-0.3, -0.25) is 4.79 Å². The van der Waals surface area contributed by atoms with Crippen LogP contribution in [-0.2, 0) is 19.0 Å². The van der Waals surface area contributed by atoms with Gasteiger partial charge in [0, 0.05) is 39.0 Å². The Morgan fingerprint density at radius 1 is 1.16 bits per heavy atom. The van der Waals surface area contributed by atoms with E-state index < -0.39 is 0 Å². The third-order valence-corrected chi connectivity index (χ3v) is 4.40. The second kappa shape index (κ2) is 5.77. The molecule has 0 saturated carbocycles. The first kappa shape index (κ1) is 13.3. The summed E-state index contributed by atoms with van der Waals surface area (Å²) in [5, 5.41) is 0. The molecule has 1 atom stereocenters. The molecular formula is C14H23NO4. The number of likely N-dealkylation sites (tertiary alicyclic amines) is 1. The average Bonchev–Trinajstić information content (AvgIpc) is 3.09. The third kappa shape index (κ3) is 3.09. The zero-order valence-corrected chi connectivity index (χ0v) is 11.4. The van der Waals surface area contributed by atoms with Gasteiger partial charge in [0.15, 0.2) is 5.79 Å². The Hall–Kier alpha value is -0.650. The van der Waals surface area contributed by atoms with Crippen LogP contribution in [0.4, 0.5) is 0 Å². The van der Waals surface area contributed by atoms with Crippen LogP contribution in [0.2, 0.25) is 0 Å². The van der Waals surface area contributed by atoms with Crippen molar-refractivity contribution < 1.29 is 19.0 Å². The minimum atomic E-state index is -0.384. The highest BCUT2D eigenvalue weighted by molar-refractivity contribution is 5.76. The monoisotopic (exact) mass is 269 g/mol. The van der Waals surface area contributed by atoms with Crippen molar-refractivity contribution in [1.29, 1.82) is 0 Å². The Kier molecular flexibility index (Phi) is 4.05. The number of rotatable bonds is 3.